The highest BCUT2D eigenvalue weighted by molar-refractivity contribution is 5.72. The van der Waals surface area contributed by atoms with Crippen molar-refractivity contribution >= 4 is 5.97 Å². The van der Waals surface area contributed by atoms with Crippen LogP contribution in [0.15, 0.2) is 18.2 Å². The second kappa shape index (κ2) is 4.13. The third kappa shape index (κ3) is 2.49. The molecule has 3 nitrogen and oxygen atoms in total. The fourth-order valence-electron chi connectivity index (χ4n) is 1.17. The molecule has 1 unspecified atom stereocenters. The molecule has 0 aromatic heterocycles. The second-order valence-electron chi connectivity index (χ2n) is 3.37. The molecule has 0 aliphatic heterocycles. The first-order chi connectivity index (χ1) is 6.50. The summed E-state index contributed by atoms with van der Waals surface area (Å²) < 4.78 is 5.26. The normalized spacial score (nSPS) is 12.2. The standard InChI is InChI=1S/C11H14O3/c1-7-4-5-10(8(2)6-7)14-9(3)11(12)13/h4-6,9H,1-3H3,(H,12,13). The Morgan fingerprint density at radius 2 is 2.07 bits per heavy atom. The van der Waals surface area contributed by atoms with Gasteiger partial charge in [0.1, 0.15) is 5.75 Å². The molecule has 1 atom stereocenters. The molecule has 0 saturated carbocycles. The molecule has 14 heavy (non-hydrogen) atoms. The second-order valence-corrected chi connectivity index (χ2v) is 3.37. The zero-order valence-corrected chi connectivity index (χ0v) is 8.57. The molecule has 0 bridgehead atoms. The molecule has 0 spiro atoms. The number of carboxylic acids is 1. The lowest BCUT2D eigenvalue weighted by Crippen LogP contribution is -2.23. The molecule has 0 fully saturated rings. The van der Waals surface area contributed by atoms with Crippen molar-refractivity contribution in [3.8, 4) is 5.75 Å². The van der Waals surface area contributed by atoms with Crippen LogP contribution in [0.25, 0.3) is 0 Å². The van der Waals surface area contributed by atoms with E-state index in [1.807, 2.05) is 26.0 Å². The summed E-state index contributed by atoms with van der Waals surface area (Å²) in [4.78, 5) is 10.6. The number of aliphatic carboxylic acids is 1. The number of benzene rings is 1. The van der Waals surface area contributed by atoms with Crippen LogP contribution in [0.5, 0.6) is 5.75 Å². The predicted octanol–water partition coefficient (Wildman–Crippen LogP) is 2.16. The van der Waals surface area contributed by atoms with Crippen molar-refractivity contribution in [2.75, 3.05) is 0 Å². The summed E-state index contributed by atoms with van der Waals surface area (Å²) in [5.41, 5.74) is 2.09. The summed E-state index contributed by atoms with van der Waals surface area (Å²) in [6.07, 6.45) is -0.809. The lowest BCUT2D eigenvalue weighted by molar-refractivity contribution is -0.144. The van der Waals surface area contributed by atoms with Crippen molar-refractivity contribution in [3.05, 3.63) is 29.3 Å². The van der Waals surface area contributed by atoms with Crippen LogP contribution in [0, 0.1) is 13.8 Å². The van der Waals surface area contributed by atoms with E-state index >= 15 is 0 Å². The third-order valence-corrected chi connectivity index (χ3v) is 1.98. The highest BCUT2D eigenvalue weighted by Crippen LogP contribution is 2.19. The van der Waals surface area contributed by atoms with Gasteiger partial charge in [-0.25, -0.2) is 4.79 Å². The van der Waals surface area contributed by atoms with Gasteiger partial charge in [0.15, 0.2) is 6.10 Å². The number of hydrogen-bond donors (Lipinski definition) is 1. The minimum absolute atomic E-state index is 0.630. The molecule has 1 rings (SSSR count). The molecule has 0 amide bonds. The highest BCUT2D eigenvalue weighted by atomic mass is 16.5. The van der Waals surface area contributed by atoms with Crippen molar-refractivity contribution in [2.45, 2.75) is 26.9 Å². The van der Waals surface area contributed by atoms with Crippen LogP contribution in [0.2, 0.25) is 0 Å². The van der Waals surface area contributed by atoms with E-state index in [1.165, 1.54) is 6.92 Å². The summed E-state index contributed by atoms with van der Waals surface area (Å²) in [7, 11) is 0. The molecule has 0 aliphatic rings. The van der Waals surface area contributed by atoms with E-state index in [4.69, 9.17) is 9.84 Å². The SMILES string of the molecule is Cc1ccc(OC(C)C(=O)O)c(C)c1. The van der Waals surface area contributed by atoms with Gasteiger partial charge in [0.2, 0.25) is 0 Å². The topological polar surface area (TPSA) is 46.5 Å². The average molecular weight is 194 g/mol. The van der Waals surface area contributed by atoms with Gasteiger partial charge in [-0.2, -0.15) is 0 Å². The summed E-state index contributed by atoms with van der Waals surface area (Å²) in [5, 5.41) is 8.66. The smallest absolute Gasteiger partial charge is 0.344 e. The van der Waals surface area contributed by atoms with Crippen LogP contribution in [-0.2, 0) is 4.79 Å². The van der Waals surface area contributed by atoms with Crippen LogP contribution in [-0.4, -0.2) is 17.2 Å². The van der Waals surface area contributed by atoms with Crippen molar-refractivity contribution in [1.82, 2.24) is 0 Å². The van der Waals surface area contributed by atoms with Crippen LogP contribution in [0.1, 0.15) is 18.1 Å². The largest absolute Gasteiger partial charge is 0.479 e. The van der Waals surface area contributed by atoms with Crippen molar-refractivity contribution in [3.63, 3.8) is 0 Å². The van der Waals surface area contributed by atoms with E-state index in [2.05, 4.69) is 0 Å². The van der Waals surface area contributed by atoms with Crippen molar-refractivity contribution in [2.24, 2.45) is 0 Å². The first kappa shape index (κ1) is 10.6. The van der Waals surface area contributed by atoms with Gasteiger partial charge in [-0.3, -0.25) is 0 Å². The lowest BCUT2D eigenvalue weighted by atomic mass is 10.1. The maximum atomic E-state index is 10.6. The maximum absolute atomic E-state index is 10.6. The van der Waals surface area contributed by atoms with Crippen molar-refractivity contribution < 1.29 is 14.6 Å². The number of aryl methyl sites for hydroxylation is 2. The molecular weight excluding hydrogens is 180 g/mol. The van der Waals surface area contributed by atoms with Gasteiger partial charge in [0.25, 0.3) is 0 Å². The Morgan fingerprint density at radius 1 is 1.43 bits per heavy atom. The van der Waals surface area contributed by atoms with E-state index in [9.17, 15) is 4.79 Å². The molecule has 76 valence electrons. The van der Waals surface area contributed by atoms with Crippen LogP contribution in [0.4, 0.5) is 0 Å². The number of ether oxygens (including phenoxy) is 1. The van der Waals surface area contributed by atoms with Crippen LogP contribution < -0.4 is 4.74 Å². The number of hydrogen-bond acceptors (Lipinski definition) is 2. The van der Waals surface area contributed by atoms with Crippen molar-refractivity contribution in [1.29, 1.82) is 0 Å². The number of carboxylic acid groups (broad SMARTS) is 1. The summed E-state index contributed by atoms with van der Waals surface area (Å²) in [6.45, 7) is 5.40. The highest BCUT2D eigenvalue weighted by Gasteiger charge is 2.13. The van der Waals surface area contributed by atoms with Gasteiger partial charge in [-0.15, -0.1) is 0 Å². The molecule has 1 aromatic carbocycles. The molecule has 0 saturated heterocycles. The first-order valence-corrected chi connectivity index (χ1v) is 4.47. The quantitative estimate of drug-likeness (QED) is 0.802. The Kier molecular flexibility index (Phi) is 3.12. The molecule has 0 aliphatic carbocycles. The van der Waals surface area contributed by atoms with Gasteiger partial charge in [0.05, 0.1) is 0 Å². The Labute approximate surface area is 83.3 Å². The number of carbonyl (C=O) groups is 1. The van der Waals surface area contributed by atoms with E-state index in [-0.39, 0.29) is 0 Å². The molecule has 1 aromatic rings. The van der Waals surface area contributed by atoms with Crippen LogP contribution >= 0.6 is 0 Å². The van der Waals surface area contributed by atoms with E-state index in [1.54, 1.807) is 6.07 Å². The zero-order valence-electron chi connectivity index (χ0n) is 8.57. The fraction of sp³-hybridized carbons (Fsp3) is 0.364. The monoisotopic (exact) mass is 194 g/mol. The van der Waals surface area contributed by atoms with Gasteiger partial charge < -0.3 is 9.84 Å². The average Bonchev–Trinajstić information content (AvgIpc) is 2.09. The lowest BCUT2D eigenvalue weighted by Gasteiger charge is -2.12. The predicted molar refractivity (Wildman–Crippen MR) is 53.6 cm³/mol. The third-order valence-electron chi connectivity index (χ3n) is 1.98. The number of rotatable bonds is 3. The van der Waals surface area contributed by atoms with Gasteiger partial charge >= 0.3 is 5.97 Å². The van der Waals surface area contributed by atoms with E-state index in [0.717, 1.165) is 11.1 Å². The Balaban J connectivity index is 2.82. The molecular formula is C11H14O3. The fourth-order valence-corrected chi connectivity index (χ4v) is 1.17. The minimum Gasteiger partial charge on any atom is -0.479 e. The summed E-state index contributed by atoms with van der Waals surface area (Å²) in [6, 6.07) is 5.66. The summed E-state index contributed by atoms with van der Waals surface area (Å²) in [5.74, 6) is -0.324. The maximum Gasteiger partial charge on any atom is 0.344 e. The van der Waals surface area contributed by atoms with Gasteiger partial charge in [-0.1, -0.05) is 17.7 Å². The molecule has 3 heteroatoms. The first-order valence-electron chi connectivity index (χ1n) is 4.47. The summed E-state index contributed by atoms with van der Waals surface area (Å²) >= 11 is 0. The Bertz CT molecular complexity index is 344. The molecule has 0 radical (unpaired) electrons. The minimum atomic E-state index is -0.954. The molecule has 1 N–H and O–H groups in total. The van der Waals surface area contributed by atoms with E-state index < -0.39 is 12.1 Å². The van der Waals surface area contributed by atoms with E-state index in [0.29, 0.717) is 5.75 Å². The van der Waals surface area contributed by atoms with Crippen LogP contribution in [0.3, 0.4) is 0 Å². The Morgan fingerprint density at radius 3 is 2.57 bits per heavy atom. The zero-order chi connectivity index (χ0) is 10.7. The van der Waals surface area contributed by atoms with Gasteiger partial charge in [-0.05, 0) is 32.4 Å². The Hall–Kier alpha value is -1.51. The molecule has 0 heterocycles. The van der Waals surface area contributed by atoms with Gasteiger partial charge in [0, 0.05) is 0 Å².